The maximum Gasteiger partial charge on any atom is 0.251 e. The lowest BCUT2D eigenvalue weighted by Gasteiger charge is -2.14. The van der Waals surface area contributed by atoms with Crippen LogP contribution >= 0.6 is 0 Å². The second-order valence-electron chi connectivity index (χ2n) is 9.70. The highest BCUT2D eigenvalue weighted by Crippen LogP contribution is 2.38. The van der Waals surface area contributed by atoms with E-state index >= 15 is 0 Å². The Morgan fingerprint density at radius 1 is 0.875 bits per heavy atom. The van der Waals surface area contributed by atoms with E-state index in [2.05, 4.69) is 35.9 Å². The SMILES string of the molecule is COc1cc(C(=O)NCCCc2nc3ccccc3n2CCCCOc2cccc(C)c2C)cc(OC)c1OC. The van der Waals surface area contributed by atoms with Crippen LogP contribution in [-0.4, -0.2) is 49.9 Å². The summed E-state index contributed by atoms with van der Waals surface area (Å²) in [6, 6.07) is 17.7. The zero-order chi connectivity index (χ0) is 28.5. The Morgan fingerprint density at radius 2 is 1.62 bits per heavy atom. The number of rotatable bonds is 14. The quantitative estimate of drug-likeness (QED) is 0.199. The van der Waals surface area contributed by atoms with E-state index in [1.807, 2.05) is 30.3 Å². The molecule has 1 heterocycles. The van der Waals surface area contributed by atoms with Crippen LogP contribution in [0.4, 0.5) is 0 Å². The van der Waals surface area contributed by atoms with Crippen molar-refractivity contribution in [3.8, 4) is 23.0 Å². The van der Waals surface area contributed by atoms with Crippen LogP contribution in [-0.2, 0) is 13.0 Å². The molecular weight excluding hydrogens is 506 g/mol. The number of aryl methyl sites for hydroxylation is 3. The molecule has 8 nitrogen and oxygen atoms in total. The molecule has 0 aliphatic carbocycles. The van der Waals surface area contributed by atoms with Gasteiger partial charge in [0.25, 0.3) is 5.91 Å². The molecule has 1 aromatic heterocycles. The minimum atomic E-state index is -0.198. The van der Waals surface area contributed by atoms with E-state index < -0.39 is 0 Å². The normalized spacial score (nSPS) is 10.9. The van der Waals surface area contributed by atoms with E-state index in [9.17, 15) is 4.79 Å². The number of methoxy groups -OCH3 is 3. The van der Waals surface area contributed by atoms with Crippen molar-refractivity contribution >= 4 is 16.9 Å². The number of imidazole rings is 1. The molecule has 0 saturated carbocycles. The van der Waals surface area contributed by atoms with Gasteiger partial charge in [-0.05, 0) is 74.6 Å². The second-order valence-corrected chi connectivity index (χ2v) is 9.70. The zero-order valence-electron chi connectivity index (χ0n) is 24.1. The van der Waals surface area contributed by atoms with Crippen LogP contribution in [0.2, 0.25) is 0 Å². The average molecular weight is 546 g/mol. The summed E-state index contributed by atoms with van der Waals surface area (Å²) in [5.74, 6) is 3.13. The van der Waals surface area contributed by atoms with Gasteiger partial charge < -0.3 is 28.8 Å². The topological polar surface area (TPSA) is 83.8 Å². The molecule has 0 aliphatic heterocycles. The third kappa shape index (κ3) is 6.68. The van der Waals surface area contributed by atoms with Gasteiger partial charge in [0.1, 0.15) is 11.6 Å². The Hall–Kier alpha value is -4.20. The molecule has 1 amide bonds. The maximum atomic E-state index is 12.8. The largest absolute Gasteiger partial charge is 0.493 e. The Balaban J connectivity index is 1.33. The molecule has 40 heavy (non-hydrogen) atoms. The molecule has 0 spiro atoms. The number of aromatic nitrogens is 2. The van der Waals surface area contributed by atoms with Gasteiger partial charge >= 0.3 is 0 Å². The predicted molar refractivity (Wildman–Crippen MR) is 157 cm³/mol. The summed E-state index contributed by atoms with van der Waals surface area (Å²) >= 11 is 0. The number of carbonyl (C=O) groups excluding carboxylic acids is 1. The number of hydrogen-bond donors (Lipinski definition) is 1. The summed E-state index contributed by atoms with van der Waals surface area (Å²) in [6.07, 6.45) is 3.44. The molecule has 3 aromatic carbocycles. The minimum absolute atomic E-state index is 0.198. The lowest BCUT2D eigenvalue weighted by atomic mass is 10.1. The number of unbranched alkanes of at least 4 members (excludes halogenated alkanes) is 1. The number of benzene rings is 3. The van der Waals surface area contributed by atoms with Crippen LogP contribution in [0.25, 0.3) is 11.0 Å². The van der Waals surface area contributed by atoms with E-state index in [1.165, 1.54) is 32.5 Å². The third-order valence-electron chi connectivity index (χ3n) is 7.11. The first-order chi connectivity index (χ1) is 19.5. The van der Waals surface area contributed by atoms with E-state index in [0.717, 1.165) is 54.8 Å². The molecule has 0 fully saturated rings. The summed E-state index contributed by atoms with van der Waals surface area (Å²) in [5, 5.41) is 3.00. The molecular formula is C32H39N3O5. The maximum absolute atomic E-state index is 12.8. The number of amides is 1. The first-order valence-corrected chi connectivity index (χ1v) is 13.7. The molecule has 0 saturated heterocycles. The van der Waals surface area contributed by atoms with E-state index in [-0.39, 0.29) is 5.91 Å². The first kappa shape index (κ1) is 28.8. The van der Waals surface area contributed by atoms with Crippen molar-refractivity contribution in [3.63, 3.8) is 0 Å². The Bertz CT molecular complexity index is 1420. The fourth-order valence-corrected chi connectivity index (χ4v) is 4.76. The molecule has 8 heteroatoms. The van der Waals surface area contributed by atoms with Crippen molar-refractivity contribution in [2.75, 3.05) is 34.5 Å². The van der Waals surface area contributed by atoms with Crippen LogP contribution in [0.5, 0.6) is 23.0 Å². The average Bonchev–Trinajstić information content (AvgIpc) is 3.33. The van der Waals surface area contributed by atoms with Gasteiger partial charge in [0.15, 0.2) is 11.5 Å². The van der Waals surface area contributed by atoms with Gasteiger partial charge in [-0.15, -0.1) is 0 Å². The summed E-state index contributed by atoms with van der Waals surface area (Å²) < 4.78 is 24.4. The molecule has 0 bridgehead atoms. The van der Waals surface area contributed by atoms with Gasteiger partial charge in [-0.2, -0.15) is 0 Å². The van der Waals surface area contributed by atoms with Crippen LogP contribution in [0.3, 0.4) is 0 Å². The van der Waals surface area contributed by atoms with Crippen LogP contribution in [0.15, 0.2) is 54.6 Å². The molecule has 1 N–H and O–H groups in total. The van der Waals surface area contributed by atoms with Crippen molar-refractivity contribution < 1.29 is 23.7 Å². The molecule has 0 radical (unpaired) electrons. The van der Waals surface area contributed by atoms with E-state index in [0.29, 0.717) is 36.0 Å². The number of para-hydroxylation sites is 2. The minimum Gasteiger partial charge on any atom is -0.493 e. The second kappa shape index (κ2) is 13.7. The van der Waals surface area contributed by atoms with Gasteiger partial charge in [0.05, 0.1) is 39.0 Å². The molecule has 4 rings (SSSR count). The molecule has 4 aromatic rings. The highest BCUT2D eigenvalue weighted by molar-refractivity contribution is 5.95. The Labute approximate surface area is 236 Å². The molecule has 0 aliphatic rings. The van der Waals surface area contributed by atoms with Crippen molar-refractivity contribution in [3.05, 3.63) is 77.1 Å². The Morgan fingerprint density at radius 3 is 2.35 bits per heavy atom. The fraction of sp³-hybridized carbons (Fsp3) is 0.375. The monoisotopic (exact) mass is 545 g/mol. The molecule has 0 unspecified atom stereocenters. The van der Waals surface area contributed by atoms with Gasteiger partial charge in [0, 0.05) is 25.1 Å². The first-order valence-electron chi connectivity index (χ1n) is 13.7. The summed E-state index contributed by atoms with van der Waals surface area (Å²) in [5.41, 5.74) is 5.01. The Kier molecular flexibility index (Phi) is 9.89. The number of fused-ring (bicyclic) bond motifs is 1. The van der Waals surface area contributed by atoms with Crippen LogP contribution in [0, 0.1) is 13.8 Å². The zero-order valence-corrected chi connectivity index (χ0v) is 24.1. The smallest absolute Gasteiger partial charge is 0.251 e. The highest BCUT2D eigenvalue weighted by atomic mass is 16.5. The summed E-state index contributed by atoms with van der Waals surface area (Å²) in [4.78, 5) is 17.7. The van der Waals surface area contributed by atoms with Gasteiger partial charge in [0.2, 0.25) is 5.75 Å². The van der Waals surface area contributed by atoms with E-state index in [4.69, 9.17) is 23.9 Å². The van der Waals surface area contributed by atoms with E-state index in [1.54, 1.807) is 12.1 Å². The van der Waals surface area contributed by atoms with Crippen molar-refractivity contribution in [2.45, 2.75) is 46.1 Å². The van der Waals surface area contributed by atoms with Crippen molar-refractivity contribution in [1.29, 1.82) is 0 Å². The van der Waals surface area contributed by atoms with Crippen LogP contribution in [0.1, 0.15) is 46.6 Å². The van der Waals surface area contributed by atoms with Gasteiger partial charge in [-0.3, -0.25) is 4.79 Å². The standard InChI is InChI=1S/C32H39N3O5/c1-22-12-10-15-27(23(22)2)40-19-9-8-18-35-26-14-7-6-13-25(26)34-30(35)16-11-17-33-32(36)24-20-28(37-3)31(39-5)29(21-24)38-4/h6-7,10,12-15,20-21H,8-9,11,16-19H2,1-5H3,(H,33,36). The molecule has 212 valence electrons. The fourth-order valence-electron chi connectivity index (χ4n) is 4.76. The summed E-state index contributed by atoms with van der Waals surface area (Å²) in [7, 11) is 4.60. The number of carbonyl (C=O) groups is 1. The van der Waals surface area contributed by atoms with Crippen LogP contribution < -0.4 is 24.3 Å². The lowest BCUT2D eigenvalue weighted by molar-refractivity contribution is 0.0952. The highest BCUT2D eigenvalue weighted by Gasteiger charge is 2.17. The predicted octanol–water partition coefficient (Wildman–Crippen LogP) is 5.90. The van der Waals surface area contributed by atoms with Crippen molar-refractivity contribution in [2.24, 2.45) is 0 Å². The third-order valence-corrected chi connectivity index (χ3v) is 7.11. The number of ether oxygens (including phenoxy) is 4. The number of nitrogens with zero attached hydrogens (tertiary/aromatic N) is 2. The van der Waals surface area contributed by atoms with Crippen molar-refractivity contribution in [1.82, 2.24) is 14.9 Å². The number of hydrogen-bond acceptors (Lipinski definition) is 6. The summed E-state index contributed by atoms with van der Waals surface area (Å²) in [6.45, 7) is 6.26. The molecule has 0 atom stereocenters. The lowest BCUT2D eigenvalue weighted by Crippen LogP contribution is -2.25. The van der Waals surface area contributed by atoms with Gasteiger partial charge in [-0.25, -0.2) is 4.98 Å². The number of nitrogens with one attached hydrogen (secondary N) is 1. The van der Waals surface area contributed by atoms with Gasteiger partial charge in [-0.1, -0.05) is 24.3 Å².